The molecule has 4 aliphatic rings. The largest absolute Gasteiger partial charge is 0.481 e. The number of ether oxygens (including phenoxy) is 9. The van der Waals surface area contributed by atoms with Gasteiger partial charge in [0, 0.05) is 25.9 Å². The molecule has 4 saturated heterocycles. The lowest BCUT2D eigenvalue weighted by Crippen LogP contribution is -2.68. The summed E-state index contributed by atoms with van der Waals surface area (Å²) in [6.45, 7) is -1.31. The van der Waals surface area contributed by atoms with Crippen LogP contribution in [0.4, 0.5) is 0 Å². The average Bonchev–Trinajstić information content (AvgIpc) is 3.33. The molecule has 4 rings (SSSR count). The van der Waals surface area contributed by atoms with Gasteiger partial charge in [-0.3, -0.25) is 32.4 Å². The second kappa shape index (κ2) is 28.8. The molecule has 42 nitrogen and oxygen atoms in total. The first kappa shape index (κ1) is 71.6. The molecule has 24 atom stereocenters. The minimum atomic E-state index is -5.95. The Hall–Kier alpha value is -2.88. The van der Waals surface area contributed by atoms with E-state index in [4.69, 9.17) is 55.9 Å². The Morgan fingerprint density at radius 2 is 1.05 bits per heavy atom. The molecule has 0 spiro atoms. The smallest absolute Gasteiger partial charge is 0.397 e. The summed E-state index contributed by atoms with van der Waals surface area (Å²) in [5, 5.41) is 100. The van der Waals surface area contributed by atoms with E-state index in [1.807, 2.05) is 0 Å². The van der Waals surface area contributed by atoms with E-state index in [0.29, 0.717) is 0 Å². The van der Waals surface area contributed by atoms with Crippen molar-refractivity contribution in [3.8, 4) is 0 Å². The number of amides is 1. The fourth-order valence-corrected chi connectivity index (χ4v) is 10.5. The van der Waals surface area contributed by atoms with Crippen LogP contribution < -0.4 is 5.32 Å². The molecule has 0 aromatic rings. The number of methoxy groups -OCH3 is 1. The first-order valence-corrected chi connectivity index (χ1v) is 29.7. The van der Waals surface area contributed by atoms with Crippen LogP contribution in [0.1, 0.15) is 27.2 Å². The van der Waals surface area contributed by atoms with Gasteiger partial charge in [-0.2, -0.15) is 42.1 Å². The molecule has 0 aliphatic carbocycles. The summed E-state index contributed by atoms with van der Waals surface area (Å²) in [4.78, 5) is 37.1. The lowest BCUT2D eigenvalue weighted by molar-refractivity contribution is -0.367. The summed E-state index contributed by atoms with van der Waals surface area (Å²) in [6.07, 6.45) is -52.9. The number of nitrogens with one attached hydrogen (secondary N) is 1. The van der Waals surface area contributed by atoms with Gasteiger partial charge < -0.3 is 93.9 Å². The molecular weight excluding hydrogens is 1250 g/mol. The number of carboxylic acids is 2. The van der Waals surface area contributed by atoms with Gasteiger partial charge >= 0.3 is 63.9 Å². The lowest BCUT2D eigenvalue weighted by Gasteiger charge is -2.49. The zero-order valence-electron chi connectivity index (χ0n) is 42.0. The van der Waals surface area contributed by atoms with Gasteiger partial charge in [-0.15, -0.1) is 0 Å². The van der Waals surface area contributed by atoms with Gasteiger partial charge in [-0.25, -0.2) is 25.7 Å². The highest BCUT2D eigenvalue weighted by Crippen LogP contribution is 2.38. The van der Waals surface area contributed by atoms with Crippen molar-refractivity contribution in [1.29, 1.82) is 0 Å². The second-order valence-corrected chi connectivity index (χ2v) is 23.5. The predicted octanol–water partition coefficient (Wildman–Crippen LogP) is -9.27. The normalized spacial score (nSPS) is 36.8. The number of carboxylic acid groups (broad SMARTS) is 2. The van der Waals surface area contributed by atoms with E-state index < -0.39 is 243 Å². The Kier molecular flexibility index (Phi) is 25.1. The molecular formula is C35H59NO41S5. The van der Waals surface area contributed by atoms with Crippen molar-refractivity contribution in [3.05, 3.63) is 0 Å². The van der Waals surface area contributed by atoms with Crippen LogP contribution in [0.25, 0.3) is 0 Å². The van der Waals surface area contributed by atoms with E-state index in [2.05, 4.69) is 22.0 Å². The second-order valence-electron chi connectivity index (χ2n) is 18.1. The maximum atomic E-state index is 12.7. The topological polar surface area (TPSA) is 646 Å². The molecule has 10 unspecified atom stereocenters. The van der Waals surface area contributed by atoms with Crippen LogP contribution in [-0.2, 0) is 130 Å². The number of carbonyl (C=O) groups is 3. The Morgan fingerprint density at radius 1 is 0.549 bits per heavy atom. The third kappa shape index (κ3) is 20.6. The Labute approximate surface area is 463 Å². The van der Waals surface area contributed by atoms with Crippen LogP contribution in [-0.4, -0.2) is 291 Å². The number of aliphatic carboxylic acids is 2. The molecule has 1 amide bonds. The third-order valence-corrected chi connectivity index (χ3v) is 14.4. The third-order valence-electron chi connectivity index (χ3n) is 12.2. The summed E-state index contributed by atoms with van der Waals surface area (Å²) in [7, 11) is -27.0. The molecule has 0 saturated carbocycles. The van der Waals surface area contributed by atoms with E-state index in [9.17, 15) is 116 Å². The maximum Gasteiger partial charge on any atom is 0.397 e. The molecule has 4 aliphatic heterocycles. The van der Waals surface area contributed by atoms with Crippen molar-refractivity contribution >= 4 is 69.8 Å². The van der Waals surface area contributed by atoms with Crippen LogP contribution in [0.2, 0.25) is 0 Å². The van der Waals surface area contributed by atoms with Crippen LogP contribution in [0.15, 0.2) is 0 Å². The van der Waals surface area contributed by atoms with Gasteiger partial charge in [-0.05, 0) is 0 Å². The highest BCUT2D eigenvalue weighted by molar-refractivity contribution is 7.81. The van der Waals surface area contributed by atoms with Crippen LogP contribution >= 0.6 is 0 Å². The SMILES string of the molecule is CO[C@H]1OC(COS(=O)(=O)O)[C@@H](O[C@H](O)[C@@H](OS(=O)(=O)O)C(O)[C@@H](CC(=O)O)O[C@H]2OC(COS(=O)(=O)O)[C@@H](O[C@@H]3OC(C(=O)O)[C@@H](O[C@H]4OC(COS(=O)(=O)O)[C@@H](O)C(O)C4NC(C)=O)C(O)[C@@H]3O)[C@H](OS(=O)(=O)O)C2C)[C@H](O)C1C. The molecule has 47 heteroatoms. The standard InChI is InChI=1S/C35H59NO41S5/c1-9-18(40)25(14(70-32(9)64-4)7-66-79(52,53)54)72-31(48)28(77-82(61,62)63)20(42)12(5-16(38)39)68-33-10(2)24(76-81(58,59)60)26(15(71-33)8-67-80(55,56)57)73-35-23(45)22(44)27(29(75-35)30(46)47)74-34-17(36-11(3)37)21(43)19(41)13(69-34)6-65-78(49,50)51/h9-10,12-15,17-29,31-35,40-45,48H,5-8H2,1-4H3,(H,36,37)(H,38,39)(H,46,47)(H,49,50,51)(H,52,53,54)(H,55,56,57)(H,58,59,60)(H,61,62,63)/t9?,10?,12-,13?,14?,15?,17?,18-,19-,20?,21?,22?,23+,24-,25-,26-,27+,28+,29?,31+,32+,33+,34-,35-/m1/s1. The lowest BCUT2D eigenvalue weighted by atomic mass is 9.91. The van der Waals surface area contributed by atoms with Crippen LogP contribution in [0.5, 0.6) is 0 Å². The van der Waals surface area contributed by atoms with E-state index in [1.165, 1.54) is 6.92 Å². The van der Waals surface area contributed by atoms with E-state index in [1.54, 1.807) is 0 Å². The maximum absolute atomic E-state index is 12.7. The van der Waals surface area contributed by atoms with E-state index >= 15 is 0 Å². The van der Waals surface area contributed by atoms with Crippen molar-refractivity contribution < 1.29 is 189 Å². The monoisotopic (exact) mass is 1310 g/mol. The molecule has 0 aromatic carbocycles. The molecule has 4 heterocycles. The first-order valence-electron chi connectivity index (χ1n) is 22.8. The number of hydrogen-bond acceptors (Lipinski definition) is 34. The van der Waals surface area contributed by atoms with Gasteiger partial charge in [0.1, 0.15) is 79.3 Å². The minimum Gasteiger partial charge on any atom is -0.481 e. The molecule has 82 heavy (non-hydrogen) atoms. The number of carbonyl (C=O) groups excluding carboxylic acids is 1. The number of rotatable bonds is 29. The summed E-state index contributed by atoms with van der Waals surface area (Å²) < 4.78 is 236. The fourth-order valence-electron chi connectivity index (χ4n) is 8.50. The van der Waals surface area contributed by atoms with Gasteiger partial charge in [0.25, 0.3) is 0 Å². The zero-order chi connectivity index (χ0) is 62.5. The van der Waals surface area contributed by atoms with Crippen molar-refractivity contribution in [3.63, 3.8) is 0 Å². The fraction of sp³-hybridized carbons (Fsp3) is 0.914. The van der Waals surface area contributed by atoms with Crippen LogP contribution in [0, 0.1) is 11.8 Å². The van der Waals surface area contributed by atoms with Gasteiger partial charge in [-0.1, -0.05) is 13.8 Å². The summed E-state index contributed by atoms with van der Waals surface area (Å²) >= 11 is 0. The van der Waals surface area contributed by atoms with Crippen molar-refractivity contribution in [2.75, 3.05) is 26.9 Å². The molecule has 15 N–H and O–H groups in total. The molecule has 4 fully saturated rings. The zero-order valence-corrected chi connectivity index (χ0v) is 46.1. The average molecular weight is 1310 g/mol. The number of aliphatic hydroxyl groups excluding tert-OH is 7. The molecule has 0 aromatic heterocycles. The van der Waals surface area contributed by atoms with Crippen LogP contribution in [0.3, 0.4) is 0 Å². The predicted molar refractivity (Wildman–Crippen MR) is 244 cm³/mol. The highest BCUT2D eigenvalue weighted by Gasteiger charge is 2.57. The van der Waals surface area contributed by atoms with Gasteiger partial charge in [0.05, 0.1) is 38.4 Å². The quantitative estimate of drug-likeness (QED) is 0.0244. The number of aliphatic hydroxyl groups is 7. The first-order chi connectivity index (χ1) is 37.4. The Balaban J connectivity index is 1.74. The molecule has 0 bridgehead atoms. The Morgan fingerprint density at radius 3 is 1.52 bits per heavy atom. The van der Waals surface area contributed by atoms with E-state index in [0.717, 1.165) is 21.0 Å². The minimum absolute atomic E-state index is 0.811. The molecule has 480 valence electrons. The van der Waals surface area contributed by atoms with Crippen molar-refractivity contribution in [1.82, 2.24) is 5.32 Å². The van der Waals surface area contributed by atoms with Gasteiger partial charge in [0.2, 0.25) is 5.91 Å². The Bertz CT molecular complexity index is 2740. The van der Waals surface area contributed by atoms with Crippen molar-refractivity contribution in [2.24, 2.45) is 11.8 Å². The summed E-state index contributed by atoms with van der Waals surface area (Å²) in [5.74, 6) is -8.41. The van der Waals surface area contributed by atoms with Gasteiger partial charge in [0.15, 0.2) is 43.7 Å². The molecule has 0 radical (unpaired) electrons. The van der Waals surface area contributed by atoms with Crippen molar-refractivity contribution in [2.45, 2.75) is 162 Å². The number of hydrogen-bond donors (Lipinski definition) is 15. The summed E-state index contributed by atoms with van der Waals surface area (Å²) in [5.41, 5.74) is 0. The highest BCUT2D eigenvalue weighted by atomic mass is 32.3. The summed E-state index contributed by atoms with van der Waals surface area (Å²) in [6, 6.07) is -1.95. The van der Waals surface area contributed by atoms with E-state index in [-0.39, 0.29) is 0 Å².